The van der Waals surface area contributed by atoms with Crippen LogP contribution in [0.3, 0.4) is 0 Å². The number of nitrogens with zero attached hydrogens (tertiary/aromatic N) is 3. The fraction of sp³-hybridized carbons (Fsp3) is 0.250. The molecule has 24 heavy (non-hydrogen) atoms. The number of carboxylic acid groups (broad SMARTS) is 1. The summed E-state index contributed by atoms with van der Waals surface area (Å²) in [5.74, 6) is -1.57. The number of fused-ring (bicyclic) bond motifs is 1. The van der Waals surface area contributed by atoms with Crippen LogP contribution in [0.25, 0.3) is 10.9 Å². The lowest BCUT2D eigenvalue weighted by molar-refractivity contribution is -0.142. The molecule has 0 aliphatic rings. The van der Waals surface area contributed by atoms with Crippen molar-refractivity contribution in [1.29, 1.82) is 0 Å². The minimum absolute atomic E-state index is 0.0611. The van der Waals surface area contributed by atoms with Gasteiger partial charge in [0.15, 0.2) is 6.04 Å². The minimum atomic E-state index is -1.15. The summed E-state index contributed by atoms with van der Waals surface area (Å²) >= 11 is 0. The van der Waals surface area contributed by atoms with Gasteiger partial charge in [0.1, 0.15) is 6.54 Å². The average molecular weight is 327 g/mol. The Bertz CT molecular complexity index is 859. The van der Waals surface area contributed by atoms with E-state index >= 15 is 0 Å². The number of hydrogen-bond acceptors (Lipinski definition) is 4. The maximum Gasteiger partial charge on any atom is 0.331 e. The van der Waals surface area contributed by atoms with E-state index in [2.05, 4.69) is 20.6 Å². The van der Waals surface area contributed by atoms with Crippen LogP contribution in [0.2, 0.25) is 0 Å². The minimum Gasteiger partial charge on any atom is -0.479 e. The van der Waals surface area contributed by atoms with Crippen LogP contribution in [-0.4, -0.2) is 37.0 Å². The number of carboxylic acids is 1. The van der Waals surface area contributed by atoms with Gasteiger partial charge >= 0.3 is 5.97 Å². The van der Waals surface area contributed by atoms with Gasteiger partial charge in [0.2, 0.25) is 5.91 Å². The fourth-order valence-electron chi connectivity index (χ4n) is 2.69. The monoisotopic (exact) mass is 327 g/mol. The normalized spacial score (nSPS) is 12.2. The molecular weight excluding hydrogens is 310 g/mol. The molecule has 1 aromatic carbocycles. The summed E-state index contributed by atoms with van der Waals surface area (Å²) in [5, 5.41) is 23.9. The van der Waals surface area contributed by atoms with E-state index in [0.717, 1.165) is 10.9 Å². The highest BCUT2D eigenvalue weighted by molar-refractivity contribution is 5.85. The summed E-state index contributed by atoms with van der Waals surface area (Å²) in [7, 11) is 0. The zero-order valence-corrected chi connectivity index (χ0v) is 13.3. The molecule has 2 aromatic heterocycles. The van der Waals surface area contributed by atoms with E-state index < -0.39 is 17.9 Å². The molecule has 0 spiro atoms. The number of carbonyl (C=O) groups is 2. The maximum atomic E-state index is 12.3. The Hall–Kier alpha value is -3.16. The summed E-state index contributed by atoms with van der Waals surface area (Å²) in [4.78, 5) is 23.8. The molecule has 1 amide bonds. The van der Waals surface area contributed by atoms with Crippen molar-refractivity contribution < 1.29 is 14.7 Å². The third kappa shape index (κ3) is 2.98. The first-order valence-electron chi connectivity index (χ1n) is 7.41. The molecule has 1 atom stereocenters. The van der Waals surface area contributed by atoms with E-state index in [1.807, 2.05) is 24.3 Å². The second-order valence-electron chi connectivity index (χ2n) is 5.57. The van der Waals surface area contributed by atoms with Crippen molar-refractivity contribution in [3.63, 3.8) is 0 Å². The molecule has 8 heteroatoms. The molecule has 3 rings (SSSR count). The van der Waals surface area contributed by atoms with Crippen LogP contribution in [0.1, 0.15) is 23.0 Å². The molecule has 2 heterocycles. The van der Waals surface area contributed by atoms with Crippen molar-refractivity contribution in [3.05, 3.63) is 47.4 Å². The van der Waals surface area contributed by atoms with Crippen molar-refractivity contribution in [2.45, 2.75) is 26.4 Å². The number of aromatic nitrogens is 4. The molecule has 0 radical (unpaired) electrons. The molecule has 0 fully saturated rings. The highest BCUT2D eigenvalue weighted by atomic mass is 16.4. The Labute approximate surface area is 137 Å². The number of amides is 1. The van der Waals surface area contributed by atoms with Crippen LogP contribution >= 0.6 is 0 Å². The van der Waals surface area contributed by atoms with E-state index in [4.69, 9.17) is 0 Å². The fourth-order valence-corrected chi connectivity index (χ4v) is 2.69. The van der Waals surface area contributed by atoms with Gasteiger partial charge in [-0.1, -0.05) is 18.2 Å². The van der Waals surface area contributed by atoms with Crippen molar-refractivity contribution in [2.24, 2.45) is 0 Å². The summed E-state index contributed by atoms with van der Waals surface area (Å²) < 4.78 is 1.49. The molecule has 0 saturated carbocycles. The van der Waals surface area contributed by atoms with Gasteiger partial charge in [-0.15, -0.1) is 0 Å². The average Bonchev–Trinajstić information content (AvgIpc) is 3.07. The first kappa shape index (κ1) is 15.7. The molecule has 0 bridgehead atoms. The van der Waals surface area contributed by atoms with E-state index in [0.29, 0.717) is 17.0 Å². The zero-order valence-electron chi connectivity index (χ0n) is 13.3. The third-order valence-corrected chi connectivity index (χ3v) is 3.79. The van der Waals surface area contributed by atoms with Gasteiger partial charge in [-0.2, -0.15) is 10.2 Å². The molecule has 0 unspecified atom stereocenters. The lowest BCUT2D eigenvalue weighted by Gasteiger charge is -2.15. The summed E-state index contributed by atoms with van der Waals surface area (Å²) in [6.07, 6.45) is 1.75. The van der Waals surface area contributed by atoms with Crippen LogP contribution < -0.4 is 5.32 Å². The number of hydrogen-bond donors (Lipinski definition) is 3. The number of nitrogens with one attached hydrogen (secondary N) is 2. The van der Waals surface area contributed by atoms with Crippen molar-refractivity contribution >= 4 is 22.8 Å². The number of rotatable bonds is 5. The number of carbonyl (C=O) groups excluding carboxylic acids is 1. The third-order valence-electron chi connectivity index (χ3n) is 3.79. The molecule has 3 N–H and O–H groups in total. The molecule has 0 saturated heterocycles. The first-order valence-corrected chi connectivity index (χ1v) is 7.41. The van der Waals surface area contributed by atoms with E-state index in [1.165, 1.54) is 4.68 Å². The van der Waals surface area contributed by atoms with Gasteiger partial charge in [-0.05, 0) is 19.9 Å². The zero-order chi connectivity index (χ0) is 17.3. The Kier molecular flexibility index (Phi) is 4.03. The summed E-state index contributed by atoms with van der Waals surface area (Å²) in [6.45, 7) is 3.35. The van der Waals surface area contributed by atoms with E-state index in [-0.39, 0.29) is 6.54 Å². The van der Waals surface area contributed by atoms with Gasteiger partial charge in [0.05, 0.1) is 11.2 Å². The predicted octanol–water partition coefficient (Wildman–Crippen LogP) is 1.32. The Morgan fingerprint density at radius 1 is 1.33 bits per heavy atom. The number of benzene rings is 1. The molecular formula is C16H17N5O3. The first-order chi connectivity index (χ1) is 11.5. The Morgan fingerprint density at radius 3 is 2.71 bits per heavy atom. The number of aliphatic carboxylic acids is 1. The van der Waals surface area contributed by atoms with Gasteiger partial charge in [0, 0.05) is 22.8 Å². The summed E-state index contributed by atoms with van der Waals surface area (Å²) in [5.41, 5.74) is 2.41. The van der Waals surface area contributed by atoms with Gasteiger partial charge in [0.25, 0.3) is 0 Å². The quantitative estimate of drug-likeness (QED) is 0.654. The second-order valence-corrected chi connectivity index (χ2v) is 5.57. The van der Waals surface area contributed by atoms with E-state index in [9.17, 15) is 14.7 Å². The van der Waals surface area contributed by atoms with E-state index in [1.54, 1.807) is 20.0 Å². The predicted molar refractivity (Wildman–Crippen MR) is 86.3 cm³/mol. The topological polar surface area (TPSA) is 113 Å². The second kappa shape index (κ2) is 6.15. The van der Waals surface area contributed by atoms with Crippen molar-refractivity contribution in [3.8, 4) is 0 Å². The highest BCUT2D eigenvalue weighted by Gasteiger charge is 2.27. The van der Waals surface area contributed by atoms with Crippen LogP contribution in [0.15, 0.2) is 30.5 Å². The Morgan fingerprint density at radius 2 is 2.08 bits per heavy atom. The largest absolute Gasteiger partial charge is 0.479 e. The SMILES string of the molecule is Cc1n[nH]c(C)c1[C@H](NC(=O)Cn1cc2ccccc2n1)C(=O)O. The maximum absolute atomic E-state index is 12.3. The lowest BCUT2D eigenvalue weighted by atomic mass is 10.1. The van der Waals surface area contributed by atoms with Crippen molar-refractivity contribution in [1.82, 2.24) is 25.3 Å². The number of H-pyrrole nitrogens is 1. The van der Waals surface area contributed by atoms with Gasteiger partial charge in [-0.3, -0.25) is 14.6 Å². The number of aryl methyl sites for hydroxylation is 2. The highest BCUT2D eigenvalue weighted by Crippen LogP contribution is 2.20. The number of aromatic amines is 1. The lowest BCUT2D eigenvalue weighted by Crippen LogP contribution is -2.36. The standard InChI is InChI=1S/C16H17N5O3/c1-9-14(10(2)19-18-9)15(16(23)24)17-13(22)8-21-7-11-5-3-4-6-12(11)20-21/h3-7,15H,8H2,1-2H3,(H,17,22)(H,18,19)(H,23,24)/t15-/m0/s1. The molecule has 0 aliphatic carbocycles. The van der Waals surface area contributed by atoms with Crippen LogP contribution in [0, 0.1) is 13.8 Å². The molecule has 124 valence electrons. The van der Waals surface area contributed by atoms with Crippen molar-refractivity contribution in [2.75, 3.05) is 0 Å². The van der Waals surface area contributed by atoms with Gasteiger partial charge in [-0.25, -0.2) is 4.79 Å². The van der Waals surface area contributed by atoms with Crippen LogP contribution in [0.4, 0.5) is 0 Å². The molecule has 8 nitrogen and oxygen atoms in total. The summed E-state index contributed by atoms with van der Waals surface area (Å²) in [6, 6.07) is 6.35. The molecule has 3 aromatic rings. The van der Waals surface area contributed by atoms with Gasteiger partial charge < -0.3 is 10.4 Å². The molecule has 0 aliphatic heterocycles. The Balaban J connectivity index is 1.78. The smallest absolute Gasteiger partial charge is 0.331 e. The van der Waals surface area contributed by atoms with Crippen LogP contribution in [0.5, 0.6) is 0 Å². The van der Waals surface area contributed by atoms with Crippen LogP contribution in [-0.2, 0) is 16.1 Å².